The fourth-order valence-electron chi connectivity index (χ4n) is 1.08. The quantitative estimate of drug-likeness (QED) is 0.781. The van der Waals surface area contributed by atoms with E-state index in [2.05, 4.69) is 18.8 Å². The Balaban J connectivity index is 2.75. The average molecular weight is 196 g/mol. The van der Waals surface area contributed by atoms with Gasteiger partial charge in [-0.15, -0.1) is 0 Å². The van der Waals surface area contributed by atoms with E-state index in [0.29, 0.717) is 0 Å². The molecule has 1 rings (SSSR count). The molecule has 0 aromatic heterocycles. The lowest BCUT2D eigenvalue weighted by molar-refractivity contribution is 0.810. The molecule has 0 amide bonds. The molecule has 13 heavy (non-hydrogen) atoms. The van der Waals surface area contributed by atoms with Gasteiger partial charge in [0, 0.05) is 17.3 Å². The normalized spacial score (nSPS) is 9.77. The highest BCUT2D eigenvalue weighted by Gasteiger charge is 1.98. The Bertz CT molecular complexity index is 318. The van der Waals surface area contributed by atoms with Crippen molar-refractivity contribution in [3.05, 3.63) is 46.6 Å². The Morgan fingerprint density at radius 1 is 1.54 bits per heavy atom. The van der Waals surface area contributed by atoms with Gasteiger partial charge in [-0.05, 0) is 37.1 Å². The van der Waals surface area contributed by atoms with Crippen LogP contribution in [-0.4, -0.2) is 0 Å². The van der Waals surface area contributed by atoms with Gasteiger partial charge in [-0.3, -0.25) is 0 Å². The van der Waals surface area contributed by atoms with Crippen LogP contribution in [0.1, 0.15) is 18.1 Å². The molecule has 0 saturated carbocycles. The second-order valence-corrected chi connectivity index (χ2v) is 3.64. The zero-order valence-electron chi connectivity index (χ0n) is 8.02. The Hall–Kier alpha value is -0.950. The van der Waals surface area contributed by atoms with E-state index < -0.39 is 0 Å². The van der Waals surface area contributed by atoms with Gasteiger partial charge in [-0.2, -0.15) is 0 Å². The topological polar surface area (TPSA) is 12.0 Å². The largest absolute Gasteiger partial charge is 0.385 e. The van der Waals surface area contributed by atoms with Crippen LogP contribution in [-0.2, 0) is 6.54 Å². The first-order chi connectivity index (χ1) is 6.09. The van der Waals surface area contributed by atoms with Gasteiger partial charge in [0.25, 0.3) is 0 Å². The molecule has 70 valence electrons. The summed E-state index contributed by atoms with van der Waals surface area (Å²) in [5.74, 6) is 0. The van der Waals surface area contributed by atoms with Gasteiger partial charge in [0.15, 0.2) is 0 Å². The number of nitrogens with one attached hydrogen (secondary N) is 1. The maximum Gasteiger partial charge on any atom is 0.0409 e. The molecule has 0 unspecified atom stereocenters. The summed E-state index contributed by atoms with van der Waals surface area (Å²) in [6.45, 7) is 8.59. The van der Waals surface area contributed by atoms with Crippen LogP contribution in [0.2, 0.25) is 5.02 Å². The monoisotopic (exact) mass is 195 g/mol. The average Bonchev–Trinajstić information content (AvgIpc) is 2.06. The van der Waals surface area contributed by atoms with Crippen LogP contribution in [0.25, 0.3) is 0 Å². The number of hydrogen-bond donors (Lipinski definition) is 1. The van der Waals surface area contributed by atoms with Gasteiger partial charge in [0.1, 0.15) is 0 Å². The summed E-state index contributed by atoms with van der Waals surface area (Å²) in [6, 6.07) is 5.91. The highest BCUT2D eigenvalue weighted by Crippen LogP contribution is 2.15. The maximum absolute atomic E-state index is 5.88. The fourth-order valence-corrected chi connectivity index (χ4v) is 1.27. The third-order valence-corrected chi connectivity index (χ3v) is 2.13. The van der Waals surface area contributed by atoms with Crippen molar-refractivity contribution in [3.63, 3.8) is 0 Å². The molecule has 0 bridgehead atoms. The third kappa shape index (κ3) is 3.11. The number of halogens is 1. The van der Waals surface area contributed by atoms with Gasteiger partial charge in [0.05, 0.1) is 0 Å². The minimum absolute atomic E-state index is 0.782. The molecule has 1 N–H and O–H groups in total. The van der Waals surface area contributed by atoms with Crippen molar-refractivity contribution in [3.8, 4) is 0 Å². The summed E-state index contributed by atoms with van der Waals surface area (Å²) in [5.41, 5.74) is 3.44. The van der Waals surface area contributed by atoms with Crippen LogP contribution < -0.4 is 5.32 Å². The second kappa shape index (κ2) is 4.33. The lowest BCUT2D eigenvalue weighted by Gasteiger charge is -2.08. The van der Waals surface area contributed by atoms with Crippen molar-refractivity contribution < 1.29 is 0 Å². The Labute approximate surface area is 84.4 Å². The SMILES string of the molecule is C=C(C)NCc1cc(Cl)ccc1C. The molecular formula is C11H14ClN. The summed E-state index contributed by atoms with van der Waals surface area (Å²) < 4.78 is 0. The molecule has 0 spiro atoms. The fraction of sp³-hybridized carbons (Fsp3) is 0.273. The molecule has 0 radical (unpaired) electrons. The van der Waals surface area contributed by atoms with E-state index in [-0.39, 0.29) is 0 Å². The Morgan fingerprint density at radius 3 is 2.85 bits per heavy atom. The molecule has 0 aliphatic rings. The summed E-state index contributed by atoms with van der Waals surface area (Å²) >= 11 is 5.88. The van der Waals surface area contributed by atoms with E-state index in [9.17, 15) is 0 Å². The van der Waals surface area contributed by atoms with E-state index in [1.165, 1.54) is 11.1 Å². The molecular weight excluding hydrogens is 182 g/mol. The number of rotatable bonds is 3. The first-order valence-electron chi connectivity index (χ1n) is 4.24. The zero-order valence-corrected chi connectivity index (χ0v) is 8.78. The lowest BCUT2D eigenvalue weighted by Crippen LogP contribution is -2.10. The predicted molar refractivity (Wildman–Crippen MR) is 57.8 cm³/mol. The predicted octanol–water partition coefficient (Wildman–Crippen LogP) is 3.27. The van der Waals surface area contributed by atoms with Gasteiger partial charge in [0.2, 0.25) is 0 Å². The van der Waals surface area contributed by atoms with E-state index in [1.807, 2.05) is 25.1 Å². The van der Waals surface area contributed by atoms with E-state index in [4.69, 9.17) is 11.6 Å². The molecule has 0 atom stereocenters. The van der Waals surface area contributed by atoms with Crippen LogP contribution in [0.5, 0.6) is 0 Å². The van der Waals surface area contributed by atoms with Gasteiger partial charge < -0.3 is 5.32 Å². The minimum Gasteiger partial charge on any atom is -0.385 e. The minimum atomic E-state index is 0.782. The van der Waals surface area contributed by atoms with Crippen molar-refractivity contribution >= 4 is 11.6 Å². The molecule has 2 heteroatoms. The Kier molecular flexibility index (Phi) is 3.38. The van der Waals surface area contributed by atoms with Crippen LogP contribution in [0.4, 0.5) is 0 Å². The number of allylic oxidation sites excluding steroid dienone is 1. The van der Waals surface area contributed by atoms with Gasteiger partial charge in [-0.25, -0.2) is 0 Å². The molecule has 1 nitrogen and oxygen atoms in total. The maximum atomic E-state index is 5.88. The summed E-state index contributed by atoms with van der Waals surface area (Å²) in [7, 11) is 0. The first kappa shape index (κ1) is 10.1. The van der Waals surface area contributed by atoms with Crippen molar-refractivity contribution in [2.24, 2.45) is 0 Å². The number of benzene rings is 1. The summed E-state index contributed by atoms with van der Waals surface area (Å²) in [4.78, 5) is 0. The van der Waals surface area contributed by atoms with Crippen LogP contribution in [0.15, 0.2) is 30.5 Å². The van der Waals surface area contributed by atoms with Crippen LogP contribution >= 0.6 is 11.6 Å². The molecule has 1 aromatic carbocycles. The summed E-state index contributed by atoms with van der Waals surface area (Å²) in [6.07, 6.45) is 0. The number of hydrogen-bond acceptors (Lipinski definition) is 1. The van der Waals surface area contributed by atoms with Crippen LogP contribution in [0.3, 0.4) is 0 Å². The summed E-state index contributed by atoms with van der Waals surface area (Å²) in [5, 5.41) is 3.96. The highest BCUT2D eigenvalue weighted by atomic mass is 35.5. The van der Waals surface area contributed by atoms with Gasteiger partial charge in [-0.1, -0.05) is 24.2 Å². The van der Waals surface area contributed by atoms with Gasteiger partial charge >= 0.3 is 0 Å². The van der Waals surface area contributed by atoms with Crippen molar-refractivity contribution in [2.75, 3.05) is 0 Å². The molecule has 0 aliphatic carbocycles. The zero-order chi connectivity index (χ0) is 9.84. The molecule has 0 aliphatic heterocycles. The third-order valence-electron chi connectivity index (χ3n) is 1.89. The first-order valence-corrected chi connectivity index (χ1v) is 4.62. The molecule has 1 aromatic rings. The Morgan fingerprint density at radius 2 is 2.23 bits per heavy atom. The van der Waals surface area contributed by atoms with Crippen LogP contribution in [0, 0.1) is 6.92 Å². The van der Waals surface area contributed by atoms with Crippen molar-refractivity contribution in [1.82, 2.24) is 5.32 Å². The van der Waals surface area contributed by atoms with Crippen molar-refractivity contribution in [2.45, 2.75) is 20.4 Å². The molecule has 0 fully saturated rings. The standard InChI is InChI=1S/C11H14ClN/c1-8(2)13-7-10-6-11(12)5-4-9(10)3/h4-6,13H,1,7H2,2-3H3. The molecule has 0 saturated heterocycles. The highest BCUT2D eigenvalue weighted by molar-refractivity contribution is 6.30. The van der Waals surface area contributed by atoms with E-state index in [1.54, 1.807) is 0 Å². The van der Waals surface area contributed by atoms with E-state index in [0.717, 1.165) is 17.3 Å². The van der Waals surface area contributed by atoms with E-state index >= 15 is 0 Å². The number of aryl methyl sites for hydroxylation is 1. The molecule has 0 heterocycles. The second-order valence-electron chi connectivity index (χ2n) is 3.20. The van der Waals surface area contributed by atoms with Crippen molar-refractivity contribution in [1.29, 1.82) is 0 Å². The lowest BCUT2D eigenvalue weighted by atomic mass is 10.1. The smallest absolute Gasteiger partial charge is 0.0409 e.